The Balaban J connectivity index is 2.53. The third-order valence-corrected chi connectivity index (χ3v) is 2.93. The van der Waals surface area contributed by atoms with E-state index in [1.165, 1.54) is 6.07 Å². The third kappa shape index (κ3) is 2.24. The smallest absolute Gasteiger partial charge is 0.422 e. The molecule has 1 aromatic heterocycles. The van der Waals surface area contributed by atoms with Gasteiger partial charge < -0.3 is 10.4 Å². The van der Waals surface area contributed by atoms with Gasteiger partial charge in [0, 0.05) is 5.39 Å². The number of nitrogens with one attached hydrogen (secondary N) is 1. The van der Waals surface area contributed by atoms with Gasteiger partial charge in [-0.05, 0) is 13.0 Å². The van der Waals surface area contributed by atoms with Gasteiger partial charge in [-0.15, -0.1) is 0 Å². The Labute approximate surface area is 111 Å². The van der Waals surface area contributed by atoms with Gasteiger partial charge in [0.25, 0.3) is 0 Å². The van der Waals surface area contributed by atoms with Gasteiger partial charge in [0.05, 0.1) is 17.4 Å². The van der Waals surface area contributed by atoms with Gasteiger partial charge in [0.2, 0.25) is 5.54 Å². The monoisotopic (exact) mass is 285 g/mol. The van der Waals surface area contributed by atoms with Gasteiger partial charge in [-0.2, -0.15) is 23.4 Å². The lowest BCUT2D eigenvalue weighted by molar-refractivity contribution is -0.192. The number of benzene rings is 1. The number of alkyl halides is 3. The van der Waals surface area contributed by atoms with Gasteiger partial charge in [-0.3, -0.25) is 0 Å². The summed E-state index contributed by atoms with van der Waals surface area (Å²) in [6.45, 7) is 0.560. The van der Waals surface area contributed by atoms with Gasteiger partial charge in [0.15, 0.2) is 0 Å². The van der Waals surface area contributed by atoms with Crippen molar-refractivity contribution in [1.82, 2.24) is 10.2 Å². The van der Waals surface area contributed by atoms with Crippen LogP contribution in [0.3, 0.4) is 0 Å². The predicted molar refractivity (Wildman–Crippen MR) is 65.3 cm³/mol. The Morgan fingerprint density at radius 1 is 1.30 bits per heavy atom. The molecule has 5 nitrogen and oxygen atoms in total. The van der Waals surface area contributed by atoms with Crippen LogP contribution in [0.1, 0.15) is 6.92 Å². The first kappa shape index (κ1) is 14.0. The topological polar surface area (TPSA) is 75.1 Å². The first-order valence-electron chi connectivity index (χ1n) is 5.54. The van der Waals surface area contributed by atoms with Crippen LogP contribution >= 0.6 is 0 Å². The summed E-state index contributed by atoms with van der Waals surface area (Å²) in [6, 6.07) is 6.37. The summed E-state index contributed by atoms with van der Waals surface area (Å²) in [4.78, 5) is 11.0. The minimum atomic E-state index is -4.97. The van der Waals surface area contributed by atoms with Crippen LogP contribution in [0.5, 0.6) is 0 Å². The van der Waals surface area contributed by atoms with E-state index in [0.29, 0.717) is 17.8 Å². The molecule has 0 amide bonds. The van der Waals surface area contributed by atoms with Crippen molar-refractivity contribution in [2.45, 2.75) is 18.6 Å². The maximum atomic E-state index is 13.0. The maximum Gasteiger partial charge on any atom is 0.422 e. The molecule has 0 saturated carbocycles. The Hall–Kier alpha value is -2.38. The zero-order chi connectivity index (χ0) is 15.0. The highest BCUT2D eigenvalue weighted by Crippen LogP contribution is 2.35. The van der Waals surface area contributed by atoms with Crippen molar-refractivity contribution in [2.24, 2.45) is 0 Å². The molecule has 106 valence electrons. The molecule has 20 heavy (non-hydrogen) atoms. The second-order valence-corrected chi connectivity index (χ2v) is 4.33. The largest absolute Gasteiger partial charge is 0.479 e. The number of carboxylic acids is 1. The van der Waals surface area contributed by atoms with Crippen molar-refractivity contribution in [3.8, 4) is 0 Å². The number of rotatable bonds is 3. The summed E-state index contributed by atoms with van der Waals surface area (Å²) in [6.07, 6.45) is -3.90. The highest BCUT2D eigenvalue weighted by atomic mass is 19.4. The summed E-state index contributed by atoms with van der Waals surface area (Å²) < 4.78 is 38.9. The zero-order valence-corrected chi connectivity index (χ0v) is 10.3. The number of aliphatic carboxylic acids is 1. The van der Waals surface area contributed by atoms with E-state index in [1.54, 1.807) is 18.2 Å². The fraction of sp³-hybridized carbons (Fsp3) is 0.250. The van der Waals surface area contributed by atoms with Gasteiger partial charge >= 0.3 is 12.1 Å². The lowest BCUT2D eigenvalue weighted by Crippen LogP contribution is -2.55. The highest BCUT2D eigenvalue weighted by molar-refractivity contribution is 5.93. The van der Waals surface area contributed by atoms with E-state index >= 15 is 0 Å². The molecule has 1 unspecified atom stereocenters. The normalized spacial score (nSPS) is 14.8. The molecule has 1 aromatic carbocycles. The van der Waals surface area contributed by atoms with E-state index in [-0.39, 0.29) is 5.69 Å². The van der Waals surface area contributed by atoms with Crippen LogP contribution in [0, 0.1) is 0 Å². The average Bonchev–Trinajstić information content (AvgIpc) is 2.37. The van der Waals surface area contributed by atoms with E-state index in [2.05, 4.69) is 10.2 Å². The molecule has 1 heterocycles. The molecule has 8 heteroatoms. The first-order chi connectivity index (χ1) is 9.25. The lowest BCUT2D eigenvalue weighted by Gasteiger charge is -2.29. The minimum Gasteiger partial charge on any atom is -0.479 e. The molecule has 0 bridgehead atoms. The molecule has 2 N–H and O–H groups in total. The standard InChI is InChI=1S/C12H10F3N3O2/c1-11(10(19)20,12(13,14)15)17-9-6-16-18-8-5-3-2-4-7(8)9/h2-6H,1H3,(H,17,18)(H,19,20). The molecular formula is C12H10F3N3O2. The number of halogens is 3. The van der Waals surface area contributed by atoms with E-state index < -0.39 is 17.7 Å². The SMILES string of the molecule is CC(Nc1cnnc2ccccc12)(C(=O)O)C(F)(F)F. The second-order valence-electron chi connectivity index (χ2n) is 4.33. The molecule has 0 aliphatic heterocycles. The lowest BCUT2D eigenvalue weighted by atomic mass is 10.0. The predicted octanol–water partition coefficient (Wildman–Crippen LogP) is 2.45. The van der Waals surface area contributed by atoms with Crippen LogP contribution in [-0.4, -0.2) is 33.0 Å². The number of nitrogens with zero attached hydrogens (tertiary/aromatic N) is 2. The fourth-order valence-corrected chi connectivity index (χ4v) is 1.62. The van der Waals surface area contributed by atoms with E-state index in [1.807, 2.05) is 5.32 Å². The number of carboxylic acid groups (broad SMARTS) is 1. The van der Waals surface area contributed by atoms with Crippen molar-refractivity contribution < 1.29 is 23.1 Å². The summed E-state index contributed by atoms with van der Waals surface area (Å²) in [5.74, 6) is -2.02. The Bertz CT molecular complexity index is 654. The van der Waals surface area contributed by atoms with Crippen molar-refractivity contribution in [3.05, 3.63) is 30.5 Å². The summed E-state index contributed by atoms with van der Waals surface area (Å²) in [7, 11) is 0. The molecule has 2 rings (SSSR count). The fourth-order valence-electron chi connectivity index (χ4n) is 1.62. The molecular weight excluding hydrogens is 275 g/mol. The van der Waals surface area contributed by atoms with E-state index in [0.717, 1.165) is 6.20 Å². The van der Waals surface area contributed by atoms with Crippen LogP contribution in [0.4, 0.5) is 18.9 Å². The van der Waals surface area contributed by atoms with Crippen LogP contribution < -0.4 is 5.32 Å². The van der Waals surface area contributed by atoms with E-state index in [9.17, 15) is 18.0 Å². The van der Waals surface area contributed by atoms with Crippen LogP contribution in [-0.2, 0) is 4.79 Å². The van der Waals surface area contributed by atoms with Crippen molar-refractivity contribution in [3.63, 3.8) is 0 Å². The maximum absolute atomic E-state index is 13.0. The second kappa shape index (κ2) is 4.62. The third-order valence-electron chi connectivity index (χ3n) is 2.93. The van der Waals surface area contributed by atoms with E-state index in [4.69, 9.17) is 5.11 Å². The Kier molecular flexibility index (Phi) is 3.24. The number of aromatic nitrogens is 2. The van der Waals surface area contributed by atoms with Gasteiger partial charge in [0.1, 0.15) is 0 Å². The molecule has 2 aromatic rings. The number of hydrogen-bond donors (Lipinski definition) is 2. The van der Waals surface area contributed by atoms with Gasteiger partial charge in [-0.1, -0.05) is 18.2 Å². The van der Waals surface area contributed by atoms with Gasteiger partial charge in [-0.25, -0.2) is 4.79 Å². The Morgan fingerprint density at radius 3 is 2.55 bits per heavy atom. The molecule has 0 radical (unpaired) electrons. The molecule has 0 aliphatic carbocycles. The van der Waals surface area contributed by atoms with Crippen molar-refractivity contribution in [2.75, 3.05) is 5.32 Å². The number of anilines is 1. The average molecular weight is 285 g/mol. The molecule has 0 aliphatic rings. The summed E-state index contributed by atoms with van der Waals surface area (Å²) >= 11 is 0. The van der Waals surface area contributed by atoms with Crippen molar-refractivity contribution in [1.29, 1.82) is 0 Å². The summed E-state index contributed by atoms with van der Waals surface area (Å²) in [5.41, 5.74) is -2.79. The first-order valence-corrected chi connectivity index (χ1v) is 5.54. The summed E-state index contributed by atoms with van der Waals surface area (Å²) in [5, 5.41) is 18.6. The number of fused-ring (bicyclic) bond motifs is 1. The molecule has 0 fully saturated rings. The minimum absolute atomic E-state index is 0.0437. The molecule has 0 spiro atoms. The van der Waals surface area contributed by atoms with Crippen LogP contribution in [0.25, 0.3) is 10.9 Å². The highest BCUT2D eigenvalue weighted by Gasteiger charge is 2.57. The molecule has 0 saturated heterocycles. The number of carbonyl (C=O) groups is 1. The van der Waals surface area contributed by atoms with Crippen LogP contribution in [0.2, 0.25) is 0 Å². The van der Waals surface area contributed by atoms with Crippen LogP contribution in [0.15, 0.2) is 30.5 Å². The van der Waals surface area contributed by atoms with Crippen molar-refractivity contribution >= 4 is 22.6 Å². The number of hydrogen-bond acceptors (Lipinski definition) is 4. The molecule has 1 atom stereocenters. The zero-order valence-electron chi connectivity index (χ0n) is 10.3. The Morgan fingerprint density at radius 2 is 1.95 bits per heavy atom. The quantitative estimate of drug-likeness (QED) is 0.906.